The van der Waals surface area contributed by atoms with Gasteiger partial charge in [0.2, 0.25) is 5.95 Å². The first-order valence-electron chi connectivity index (χ1n) is 11.1. The molecule has 1 aliphatic carbocycles. The summed E-state index contributed by atoms with van der Waals surface area (Å²) in [7, 11) is 0. The molecule has 1 unspecified atom stereocenters. The van der Waals surface area contributed by atoms with E-state index < -0.39 is 11.6 Å². The highest BCUT2D eigenvalue weighted by Crippen LogP contribution is 2.36. The zero-order valence-corrected chi connectivity index (χ0v) is 18.3. The minimum atomic E-state index is -0.697. The third-order valence-corrected chi connectivity index (χ3v) is 6.46. The zero-order chi connectivity index (χ0) is 22.7. The number of rotatable bonds is 4. The highest BCUT2D eigenvalue weighted by atomic mass is 19.1. The SMILES string of the molecule is Cc1nc2nc(N3CCC(c4cn(C5CC5)nn4)C3)nc(-c3ccc(F)cc3F)c2nc1C. The van der Waals surface area contributed by atoms with Gasteiger partial charge in [0.25, 0.3) is 0 Å². The van der Waals surface area contributed by atoms with Crippen molar-refractivity contribution in [3.8, 4) is 11.3 Å². The van der Waals surface area contributed by atoms with Crippen molar-refractivity contribution in [1.82, 2.24) is 34.9 Å². The van der Waals surface area contributed by atoms with Gasteiger partial charge in [-0.15, -0.1) is 5.10 Å². The van der Waals surface area contributed by atoms with Crippen LogP contribution in [-0.4, -0.2) is 48.0 Å². The van der Waals surface area contributed by atoms with Crippen LogP contribution >= 0.6 is 0 Å². The zero-order valence-electron chi connectivity index (χ0n) is 18.3. The predicted molar refractivity (Wildman–Crippen MR) is 118 cm³/mol. The van der Waals surface area contributed by atoms with Crippen molar-refractivity contribution in [3.05, 3.63) is 53.1 Å². The van der Waals surface area contributed by atoms with Crippen molar-refractivity contribution in [2.75, 3.05) is 18.0 Å². The Morgan fingerprint density at radius 2 is 1.79 bits per heavy atom. The molecule has 0 radical (unpaired) electrons. The topological polar surface area (TPSA) is 85.5 Å². The van der Waals surface area contributed by atoms with Gasteiger partial charge in [0.1, 0.15) is 22.8 Å². The van der Waals surface area contributed by atoms with Crippen LogP contribution in [0.4, 0.5) is 14.7 Å². The van der Waals surface area contributed by atoms with Gasteiger partial charge in [-0.2, -0.15) is 4.98 Å². The number of benzene rings is 1. The highest BCUT2D eigenvalue weighted by molar-refractivity contribution is 5.88. The average Bonchev–Trinajstić information content (AvgIpc) is 3.31. The Balaban J connectivity index is 1.40. The summed E-state index contributed by atoms with van der Waals surface area (Å²) in [6, 6.07) is 3.95. The number of aryl methyl sites for hydroxylation is 2. The minimum absolute atomic E-state index is 0.172. The van der Waals surface area contributed by atoms with Crippen molar-refractivity contribution in [2.45, 2.75) is 45.1 Å². The molecule has 0 N–H and O–H groups in total. The molecule has 4 aromatic rings. The summed E-state index contributed by atoms with van der Waals surface area (Å²) in [4.78, 5) is 20.6. The predicted octanol–water partition coefficient (Wildman–Crippen LogP) is 3.90. The molecule has 2 aliphatic rings. The van der Waals surface area contributed by atoms with E-state index in [1.165, 1.54) is 12.1 Å². The maximum atomic E-state index is 14.7. The molecule has 33 heavy (non-hydrogen) atoms. The molecule has 168 valence electrons. The number of halogens is 2. The molecule has 4 heterocycles. The molecule has 6 rings (SSSR count). The molecule has 0 amide bonds. The first kappa shape index (κ1) is 20.1. The van der Waals surface area contributed by atoms with E-state index in [4.69, 9.17) is 4.98 Å². The fourth-order valence-corrected chi connectivity index (χ4v) is 4.29. The van der Waals surface area contributed by atoms with Crippen molar-refractivity contribution < 1.29 is 8.78 Å². The molecule has 0 spiro atoms. The largest absolute Gasteiger partial charge is 0.340 e. The van der Waals surface area contributed by atoms with Gasteiger partial charge in [-0.1, -0.05) is 5.21 Å². The molecule has 1 aromatic carbocycles. The fourth-order valence-electron chi connectivity index (χ4n) is 4.29. The molecule has 1 saturated carbocycles. The number of aromatic nitrogens is 7. The maximum absolute atomic E-state index is 14.7. The molecule has 10 heteroatoms. The summed E-state index contributed by atoms with van der Waals surface area (Å²) in [5.74, 6) is -0.670. The van der Waals surface area contributed by atoms with Crippen LogP contribution in [0.25, 0.3) is 22.4 Å². The van der Waals surface area contributed by atoms with E-state index in [1.54, 1.807) is 0 Å². The van der Waals surface area contributed by atoms with Gasteiger partial charge in [0, 0.05) is 36.8 Å². The van der Waals surface area contributed by atoms with Crippen LogP contribution in [0.3, 0.4) is 0 Å². The van der Waals surface area contributed by atoms with E-state index in [9.17, 15) is 8.78 Å². The Labute approximate surface area is 188 Å². The second kappa shape index (κ2) is 7.50. The van der Waals surface area contributed by atoms with Crippen LogP contribution in [0, 0.1) is 25.5 Å². The number of fused-ring (bicyclic) bond motifs is 1. The summed E-state index contributed by atoms with van der Waals surface area (Å²) >= 11 is 0. The van der Waals surface area contributed by atoms with Crippen molar-refractivity contribution in [1.29, 1.82) is 0 Å². The van der Waals surface area contributed by atoms with Crippen LogP contribution < -0.4 is 4.90 Å². The summed E-state index contributed by atoms with van der Waals surface area (Å²) < 4.78 is 30.2. The Morgan fingerprint density at radius 3 is 2.58 bits per heavy atom. The number of anilines is 1. The third-order valence-electron chi connectivity index (χ3n) is 6.46. The smallest absolute Gasteiger partial charge is 0.228 e. The lowest BCUT2D eigenvalue weighted by Gasteiger charge is -2.18. The Bertz CT molecular complexity index is 1380. The standard InChI is InChI=1S/C23H22F2N8/c1-12-13(2)27-22-21(26-12)20(17-6-3-15(24)9-18(17)25)28-23(29-22)32-8-7-14(10-32)19-11-33(31-30-19)16-4-5-16/h3,6,9,11,14,16H,4-5,7-8,10H2,1-2H3. The number of hydrogen-bond donors (Lipinski definition) is 0. The fraction of sp³-hybridized carbons (Fsp3) is 0.391. The highest BCUT2D eigenvalue weighted by Gasteiger charge is 2.31. The van der Waals surface area contributed by atoms with Crippen molar-refractivity contribution in [3.63, 3.8) is 0 Å². The van der Waals surface area contributed by atoms with E-state index in [2.05, 4.69) is 30.2 Å². The summed E-state index contributed by atoms with van der Waals surface area (Å²) in [6.45, 7) is 5.10. The van der Waals surface area contributed by atoms with Crippen molar-refractivity contribution >= 4 is 17.1 Å². The van der Waals surface area contributed by atoms with Gasteiger partial charge in [-0.25, -0.2) is 28.4 Å². The van der Waals surface area contributed by atoms with E-state index in [0.717, 1.165) is 43.3 Å². The van der Waals surface area contributed by atoms with E-state index in [-0.39, 0.29) is 11.5 Å². The normalized spacial score (nSPS) is 18.4. The van der Waals surface area contributed by atoms with E-state index in [0.29, 0.717) is 41.1 Å². The number of nitrogens with zero attached hydrogens (tertiary/aromatic N) is 8. The van der Waals surface area contributed by atoms with Gasteiger partial charge in [-0.3, -0.25) is 0 Å². The second-order valence-corrected chi connectivity index (χ2v) is 8.85. The Morgan fingerprint density at radius 1 is 0.970 bits per heavy atom. The van der Waals surface area contributed by atoms with Crippen LogP contribution in [0.15, 0.2) is 24.4 Å². The molecular formula is C23H22F2N8. The molecule has 0 bridgehead atoms. The van der Waals surface area contributed by atoms with Crippen LogP contribution in [0.5, 0.6) is 0 Å². The van der Waals surface area contributed by atoms with Gasteiger partial charge >= 0.3 is 0 Å². The van der Waals surface area contributed by atoms with Crippen LogP contribution in [0.2, 0.25) is 0 Å². The molecule has 2 fully saturated rings. The number of hydrogen-bond acceptors (Lipinski definition) is 7. The minimum Gasteiger partial charge on any atom is -0.340 e. The molecule has 1 aliphatic heterocycles. The van der Waals surface area contributed by atoms with Crippen LogP contribution in [-0.2, 0) is 0 Å². The lowest BCUT2D eigenvalue weighted by molar-refractivity contribution is 0.585. The average molecular weight is 448 g/mol. The first-order chi connectivity index (χ1) is 16.0. The second-order valence-electron chi connectivity index (χ2n) is 8.85. The molecule has 1 atom stereocenters. The van der Waals surface area contributed by atoms with Gasteiger partial charge in [0.15, 0.2) is 5.65 Å². The summed E-state index contributed by atoms with van der Waals surface area (Å²) in [5.41, 5.74) is 3.70. The third kappa shape index (κ3) is 3.59. The molecule has 8 nitrogen and oxygen atoms in total. The lowest BCUT2D eigenvalue weighted by Crippen LogP contribution is -2.22. The summed E-state index contributed by atoms with van der Waals surface area (Å²) in [5, 5.41) is 8.66. The molecule has 1 saturated heterocycles. The monoisotopic (exact) mass is 448 g/mol. The van der Waals surface area contributed by atoms with E-state index >= 15 is 0 Å². The first-order valence-corrected chi connectivity index (χ1v) is 11.1. The van der Waals surface area contributed by atoms with E-state index in [1.807, 2.05) is 24.7 Å². The molecular weight excluding hydrogens is 426 g/mol. The van der Waals surface area contributed by atoms with Gasteiger partial charge < -0.3 is 4.90 Å². The Kier molecular flexibility index (Phi) is 4.56. The maximum Gasteiger partial charge on any atom is 0.228 e. The van der Waals surface area contributed by atoms with Crippen LogP contribution in [0.1, 0.15) is 48.3 Å². The van der Waals surface area contributed by atoms with Crippen molar-refractivity contribution in [2.24, 2.45) is 0 Å². The molecule has 3 aromatic heterocycles. The lowest BCUT2D eigenvalue weighted by atomic mass is 10.1. The summed E-state index contributed by atoms with van der Waals surface area (Å²) in [6.07, 6.45) is 5.26. The Hall–Kier alpha value is -3.56. The van der Waals surface area contributed by atoms with Gasteiger partial charge in [-0.05, 0) is 45.2 Å². The van der Waals surface area contributed by atoms with Gasteiger partial charge in [0.05, 0.1) is 23.1 Å². The quantitative estimate of drug-likeness (QED) is 0.468.